The molecule has 2 N–H and O–H groups in total. The molecular weight excluding hydrogens is 700 g/mol. The summed E-state index contributed by atoms with van der Waals surface area (Å²) < 4.78 is 30.5. The van der Waals surface area contributed by atoms with Crippen molar-refractivity contribution in [2.45, 2.75) is 98.4 Å². The normalized spacial score (nSPS) is 20.6. The van der Waals surface area contributed by atoms with Crippen LogP contribution < -0.4 is 10.7 Å². The fraction of sp³-hybridized carbons (Fsp3) is 0.513. The Bertz CT molecular complexity index is 1880. The van der Waals surface area contributed by atoms with Crippen LogP contribution in [0.2, 0.25) is 0 Å². The molecule has 0 aliphatic carbocycles. The van der Waals surface area contributed by atoms with Gasteiger partial charge in [-0.3, -0.25) is 19.6 Å². The predicted octanol–water partition coefficient (Wildman–Crippen LogP) is 7.05. The Balaban J connectivity index is 1.69. The minimum absolute atomic E-state index is 0.118. The maximum atomic E-state index is 16.2. The number of hydrogen-bond acceptors (Lipinski definition) is 9. The van der Waals surface area contributed by atoms with Crippen molar-refractivity contribution < 1.29 is 23.5 Å². The Morgan fingerprint density at radius 2 is 2.12 bits per heavy atom. The van der Waals surface area contributed by atoms with E-state index in [0.29, 0.717) is 66.0 Å². The molecule has 5 rings (SSSR count). The summed E-state index contributed by atoms with van der Waals surface area (Å²) in [5, 5.41) is 8.10. The zero-order chi connectivity index (χ0) is 37.7. The van der Waals surface area contributed by atoms with Crippen molar-refractivity contribution in [1.29, 1.82) is 0 Å². The monoisotopic (exact) mass is 750 g/mol. The van der Waals surface area contributed by atoms with Gasteiger partial charge in [0.05, 0.1) is 35.2 Å². The van der Waals surface area contributed by atoms with E-state index in [9.17, 15) is 9.59 Å². The Kier molecular flexibility index (Phi) is 12.8. The number of aryl methyl sites for hydroxylation is 1. The molecular formula is C39H51FN6O4S2. The van der Waals surface area contributed by atoms with Crippen LogP contribution in [0.3, 0.4) is 0 Å². The molecule has 2 aromatic heterocycles. The predicted molar refractivity (Wildman–Crippen MR) is 211 cm³/mol. The van der Waals surface area contributed by atoms with Crippen LogP contribution in [0.1, 0.15) is 77.1 Å². The first kappa shape index (κ1) is 39.4. The summed E-state index contributed by atoms with van der Waals surface area (Å²) in [6.07, 6.45) is 7.48. The van der Waals surface area contributed by atoms with Crippen molar-refractivity contribution in [2.75, 3.05) is 20.3 Å². The SMILES string of the molecule is C=CC=N/C(=C/c1c(CC)c2cc(F)c3cc2n1CC(C)(C)COC(=S)C1CCCN(N1)C(=O)C(NC(=O)CC(C)C)Cc1nc-3cs1)C(C)OC. The van der Waals surface area contributed by atoms with E-state index < -0.39 is 17.3 Å². The van der Waals surface area contributed by atoms with Crippen molar-refractivity contribution in [3.63, 3.8) is 0 Å². The van der Waals surface area contributed by atoms with E-state index in [1.165, 1.54) is 11.3 Å². The van der Waals surface area contributed by atoms with Crippen LogP contribution in [0.4, 0.5) is 4.39 Å². The maximum Gasteiger partial charge on any atom is 0.259 e. The number of carbonyl (C=O) groups excluding carboxylic acids is 2. The molecule has 1 saturated heterocycles. The zero-order valence-corrected chi connectivity index (χ0v) is 32.9. The van der Waals surface area contributed by atoms with Crippen molar-refractivity contribution >= 4 is 63.6 Å². The lowest BCUT2D eigenvalue weighted by molar-refractivity contribution is -0.141. The van der Waals surface area contributed by atoms with Gasteiger partial charge in [-0.15, -0.1) is 11.3 Å². The molecule has 52 heavy (non-hydrogen) atoms. The lowest BCUT2D eigenvalue weighted by Crippen LogP contribution is -2.60. The number of fused-ring (bicyclic) bond motifs is 6. The van der Waals surface area contributed by atoms with E-state index in [2.05, 4.69) is 47.7 Å². The second-order valence-electron chi connectivity index (χ2n) is 14.7. The third-order valence-corrected chi connectivity index (χ3v) is 10.7. The van der Waals surface area contributed by atoms with Gasteiger partial charge < -0.3 is 19.4 Å². The summed E-state index contributed by atoms with van der Waals surface area (Å²) in [6, 6.07) is 2.23. The molecule has 280 valence electrons. The number of benzene rings is 1. The lowest BCUT2D eigenvalue weighted by atomic mass is 9.94. The minimum Gasteiger partial charge on any atom is -0.485 e. The quantitative estimate of drug-likeness (QED) is 0.178. The fourth-order valence-corrected chi connectivity index (χ4v) is 7.76. The molecule has 2 aliphatic heterocycles. The van der Waals surface area contributed by atoms with Gasteiger partial charge in [0.1, 0.15) is 11.9 Å². The second-order valence-corrected chi connectivity index (χ2v) is 16.1. The van der Waals surface area contributed by atoms with Crippen molar-refractivity contribution in [2.24, 2.45) is 16.3 Å². The number of thiocarbonyl (C=S) groups is 1. The third kappa shape index (κ3) is 9.05. The zero-order valence-electron chi connectivity index (χ0n) is 31.3. The van der Waals surface area contributed by atoms with Crippen LogP contribution in [0.25, 0.3) is 28.2 Å². The molecule has 0 spiro atoms. The first-order chi connectivity index (χ1) is 24.7. The van der Waals surface area contributed by atoms with Crippen molar-refractivity contribution in [1.82, 2.24) is 25.3 Å². The Morgan fingerprint density at radius 1 is 1.35 bits per heavy atom. The number of rotatable bonds is 9. The fourth-order valence-electron chi connectivity index (χ4n) is 6.69. The number of carbonyl (C=O) groups is 2. The summed E-state index contributed by atoms with van der Waals surface area (Å²) in [6.45, 7) is 17.2. The number of ether oxygens (including phenoxy) is 2. The van der Waals surface area contributed by atoms with Crippen molar-refractivity contribution in [3.05, 3.63) is 57.9 Å². The molecule has 10 nitrogen and oxygen atoms in total. The van der Waals surface area contributed by atoms with E-state index in [1.807, 2.05) is 38.3 Å². The minimum atomic E-state index is -0.873. The van der Waals surface area contributed by atoms with E-state index in [1.54, 1.807) is 30.5 Å². The summed E-state index contributed by atoms with van der Waals surface area (Å²) >= 11 is 7.15. The van der Waals surface area contributed by atoms with Gasteiger partial charge in [-0.2, -0.15) is 0 Å². The number of hydrazine groups is 1. The van der Waals surface area contributed by atoms with Gasteiger partial charge in [0.15, 0.2) is 5.05 Å². The number of nitrogens with zero attached hydrogens (tertiary/aromatic N) is 4. The van der Waals surface area contributed by atoms with Crippen LogP contribution >= 0.6 is 23.6 Å². The summed E-state index contributed by atoms with van der Waals surface area (Å²) in [5.74, 6) is -0.770. The number of hydrogen-bond donors (Lipinski definition) is 2. The van der Waals surface area contributed by atoms with Gasteiger partial charge in [0, 0.05) is 72.2 Å². The highest BCUT2D eigenvalue weighted by Gasteiger charge is 2.34. The molecule has 3 unspecified atom stereocenters. The molecule has 1 aromatic carbocycles. The van der Waals surface area contributed by atoms with Gasteiger partial charge in [-0.05, 0) is 68.1 Å². The van der Waals surface area contributed by atoms with Crippen LogP contribution in [0, 0.1) is 17.2 Å². The third-order valence-electron chi connectivity index (χ3n) is 9.40. The average Bonchev–Trinajstić information content (AvgIpc) is 3.68. The molecule has 3 atom stereocenters. The number of allylic oxidation sites excluding steroid dienone is 1. The first-order valence-electron chi connectivity index (χ1n) is 18.0. The van der Waals surface area contributed by atoms with Gasteiger partial charge >= 0.3 is 0 Å². The first-order valence-corrected chi connectivity index (χ1v) is 19.3. The summed E-state index contributed by atoms with van der Waals surface area (Å²) in [7, 11) is 1.64. The number of aliphatic imine (C=N–C) groups is 1. The Hall–Kier alpha value is -3.78. The van der Waals surface area contributed by atoms with E-state index in [0.717, 1.165) is 22.2 Å². The number of methoxy groups -OCH3 is 1. The molecule has 13 heteroatoms. The standard InChI is InChI=1S/C39H51FN6O4S2/c1-9-13-41-30(24(5)49-8)18-34-25(10-2)26-16-28(40)27-17-33(26)45(34)21-39(6,7)22-50-38(51)29-12-11-14-46(44-29)37(48)31(42-35(47)15-23(3)4)19-36-43-32(27)20-52-36/h9,13,16-18,20,23-24,29,31,44H,1,10-12,14-15,19,21-22H2,2-8H3,(H,42,47)/b30-18+,41-13?. The Morgan fingerprint density at radius 3 is 2.81 bits per heavy atom. The molecule has 2 aliphatic rings. The highest BCUT2D eigenvalue weighted by atomic mass is 32.1. The number of halogens is 1. The summed E-state index contributed by atoms with van der Waals surface area (Å²) in [5.41, 5.74) is 7.11. The smallest absolute Gasteiger partial charge is 0.259 e. The highest BCUT2D eigenvalue weighted by molar-refractivity contribution is 7.80. The van der Waals surface area contributed by atoms with Crippen LogP contribution in [-0.4, -0.2) is 76.1 Å². The largest absolute Gasteiger partial charge is 0.485 e. The van der Waals surface area contributed by atoms with Crippen molar-refractivity contribution in [3.8, 4) is 11.3 Å². The molecule has 6 bridgehead atoms. The summed E-state index contributed by atoms with van der Waals surface area (Å²) in [4.78, 5) is 36.5. The van der Waals surface area contributed by atoms with Crippen LogP contribution in [0.15, 0.2) is 40.9 Å². The molecule has 2 amide bonds. The second kappa shape index (κ2) is 16.9. The van der Waals surface area contributed by atoms with Crippen LogP contribution in [-0.2, 0) is 38.4 Å². The van der Waals surface area contributed by atoms with E-state index >= 15 is 4.39 Å². The number of nitrogens with one attached hydrogen (secondary N) is 2. The molecule has 0 saturated carbocycles. The van der Waals surface area contributed by atoms with Gasteiger partial charge in [0.25, 0.3) is 5.91 Å². The highest BCUT2D eigenvalue weighted by Crippen LogP contribution is 2.37. The molecule has 0 radical (unpaired) electrons. The van der Waals surface area contributed by atoms with Crippen LogP contribution in [0.5, 0.6) is 0 Å². The molecule has 4 heterocycles. The van der Waals surface area contributed by atoms with Gasteiger partial charge in [0.2, 0.25) is 5.91 Å². The van der Waals surface area contributed by atoms with E-state index in [4.69, 9.17) is 26.7 Å². The number of aromatic nitrogens is 2. The molecule has 3 aromatic rings. The topological polar surface area (TPSA) is 110 Å². The number of thiazole rings is 1. The van der Waals surface area contributed by atoms with Gasteiger partial charge in [-0.25, -0.2) is 14.8 Å². The lowest BCUT2D eigenvalue weighted by Gasteiger charge is -2.36. The molecule has 1 fully saturated rings. The van der Waals surface area contributed by atoms with Gasteiger partial charge in [-0.1, -0.05) is 47.3 Å². The average molecular weight is 751 g/mol. The maximum absolute atomic E-state index is 16.2. The Labute approximate surface area is 315 Å². The number of amides is 2. The van der Waals surface area contributed by atoms with E-state index in [-0.39, 0.29) is 42.7 Å².